The molecule has 2 aliphatic rings. The van der Waals surface area contributed by atoms with Crippen LogP contribution < -0.4 is 10.6 Å². The highest BCUT2D eigenvalue weighted by Gasteiger charge is 2.27. The van der Waals surface area contributed by atoms with Crippen LogP contribution in [0.3, 0.4) is 0 Å². The van der Waals surface area contributed by atoms with Crippen molar-refractivity contribution in [3.63, 3.8) is 0 Å². The molecule has 22 heavy (non-hydrogen) atoms. The van der Waals surface area contributed by atoms with Crippen LogP contribution in [0.5, 0.6) is 0 Å². The summed E-state index contributed by atoms with van der Waals surface area (Å²) in [6.07, 6.45) is 7.03. The van der Waals surface area contributed by atoms with Gasteiger partial charge < -0.3 is 20.6 Å². The average Bonchev–Trinajstić information content (AvgIpc) is 3.16. The van der Waals surface area contributed by atoms with E-state index in [-0.39, 0.29) is 18.0 Å². The van der Waals surface area contributed by atoms with Crippen molar-refractivity contribution in [3.05, 3.63) is 0 Å². The molecule has 128 valence electrons. The summed E-state index contributed by atoms with van der Waals surface area (Å²) < 4.78 is 0. The lowest BCUT2D eigenvalue weighted by Crippen LogP contribution is -2.46. The molecule has 2 rings (SSSR count). The number of aliphatic hydroxyl groups is 1. The highest BCUT2D eigenvalue weighted by atomic mass is 16.3. The number of nitrogens with zero attached hydrogens (tertiary/aromatic N) is 1. The smallest absolute Gasteiger partial charge is 0.315 e. The van der Waals surface area contributed by atoms with Gasteiger partial charge in [-0.1, -0.05) is 33.1 Å². The van der Waals surface area contributed by atoms with Gasteiger partial charge >= 0.3 is 6.03 Å². The molecule has 1 saturated heterocycles. The van der Waals surface area contributed by atoms with Crippen molar-refractivity contribution in [2.45, 2.75) is 64.5 Å². The molecule has 5 heteroatoms. The zero-order valence-electron chi connectivity index (χ0n) is 14.2. The average molecular weight is 311 g/mol. The molecule has 1 aliphatic carbocycles. The predicted molar refractivity (Wildman–Crippen MR) is 88.8 cm³/mol. The van der Waals surface area contributed by atoms with Gasteiger partial charge in [0, 0.05) is 32.2 Å². The third-order valence-corrected chi connectivity index (χ3v) is 5.37. The van der Waals surface area contributed by atoms with E-state index in [0.717, 1.165) is 31.8 Å². The predicted octanol–water partition coefficient (Wildman–Crippen LogP) is 1.96. The van der Waals surface area contributed by atoms with Crippen LogP contribution in [0, 0.1) is 11.8 Å². The number of likely N-dealkylation sites (tertiary alicyclic amines) is 1. The maximum absolute atomic E-state index is 11.9. The van der Waals surface area contributed by atoms with E-state index < -0.39 is 6.10 Å². The number of rotatable bonds is 7. The first-order valence-electron chi connectivity index (χ1n) is 9.03. The number of hydrogen-bond donors (Lipinski definition) is 3. The second kappa shape index (κ2) is 8.73. The van der Waals surface area contributed by atoms with Crippen molar-refractivity contribution < 1.29 is 9.90 Å². The SMILES string of the molecule is CCC(C)C(O)CNC(=O)NC1CCN(CC2CCCC2)C1. The van der Waals surface area contributed by atoms with Crippen molar-refractivity contribution in [2.24, 2.45) is 11.8 Å². The molecule has 0 aromatic carbocycles. The van der Waals surface area contributed by atoms with Crippen LogP contribution in [0.1, 0.15) is 52.4 Å². The molecule has 3 unspecified atom stereocenters. The van der Waals surface area contributed by atoms with Gasteiger partial charge in [0.15, 0.2) is 0 Å². The maximum Gasteiger partial charge on any atom is 0.315 e. The van der Waals surface area contributed by atoms with Gasteiger partial charge in [-0.2, -0.15) is 0 Å². The lowest BCUT2D eigenvalue weighted by atomic mass is 10.0. The van der Waals surface area contributed by atoms with Crippen LogP contribution in [0.4, 0.5) is 4.79 Å². The molecule has 2 fully saturated rings. The van der Waals surface area contributed by atoms with Gasteiger partial charge in [0.1, 0.15) is 0 Å². The second-order valence-corrected chi connectivity index (χ2v) is 7.20. The van der Waals surface area contributed by atoms with E-state index in [1.165, 1.54) is 32.2 Å². The normalized spacial score (nSPS) is 26.0. The molecule has 2 amide bonds. The van der Waals surface area contributed by atoms with E-state index in [1.54, 1.807) is 0 Å². The van der Waals surface area contributed by atoms with Crippen LogP contribution in [0.2, 0.25) is 0 Å². The fourth-order valence-corrected chi connectivity index (χ4v) is 3.58. The number of amides is 2. The van der Waals surface area contributed by atoms with Crippen molar-refractivity contribution in [3.8, 4) is 0 Å². The fourth-order valence-electron chi connectivity index (χ4n) is 3.58. The number of nitrogens with one attached hydrogen (secondary N) is 2. The van der Waals surface area contributed by atoms with Gasteiger partial charge in [-0.05, 0) is 31.1 Å². The Hall–Kier alpha value is -0.810. The number of aliphatic hydroxyl groups excluding tert-OH is 1. The quantitative estimate of drug-likeness (QED) is 0.673. The van der Waals surface area contributed by atoms with Gasteiger partial charge in [-0.3, -0.25) is 0 Å². The first-order valence-corrected chi connectivity index (χ1v) is 9.03. The lowest BCUT2D eigenvalue weighted by Gasteiger charge is -2.21. The number of hydrogen-bond acceptors (Lipinski definition) is 3. The Labute approximate surface area is 134 Å². The van der Waals surface area contributed by atoms with E-state index >= 15 is 0 Å². The number of carbonyl (C=O) groups excluding carboxylic acids is 1. The molecule has 0 radical (unpaired) electrons. The van der Waals surface area contributed by atoms with Crippen molar-refractivity contribution >= 4 is 6.03 Å². The largest absolute Gasteiger partial charge is 0.391 e. The van der Waals surface area contributed by atoms with Crippen LogP contribution in [-0.4, -0.2) is 54.4 Å². The van der Waals surface area contributed by atoms with Crippen molar-refractivity contribution in [1.29, 1.82) is 0 Å². The molecule has 0 spiro atoms. The summed E-state index contributed by atoms with van der Waals surface area (Å²) in [5, 5.41) is 15.7. The molecule has 1 saturated carbocycles. The molecular formula is C17H33N3O2. The molecular weight excluding hydrogens is 278 g/mol. The summed E-state index contributed by atoms with van der Waals surface area (Å²) in [7, 11) is 0. The van der Waals surface area contributed by atoms with E-state index in [0.29, 0.717) is 6.54 Å². The molecule has 1 aliphatic heterocycles. The Morgan fingerprint density at radius 1 is 1.32 bits per heavy atom. The highest BCUT2D eigenvalue weighted by Crippen LogP contribution is 2.26. The van der Waals surface area contributed by atoms with Gasteiger partial charge in [-0.25, -0.2) is 4.79 Å². The highest BCUT2D eigenvalue weighted by molar-refractivity contribution is 5.74. The van der Waals surface area contributed by atoms with Gasteiger partial charge in [0.05, 0.1) is 6.10 Å². The first kappa shape index (κ1) is 17.5. The Bertz CT molecular complexity index is 345. The van der Waals surface area contributed by atoms with Crippen LogP contribution in [0.25, 0.3) is 0 Å². The van der Waals surface area contributed by atoms with E-state index in [2.05, 4.69) is 15.5 Å². The van der Waals surface area contributed by atoms with E-state index in [1.807, 2.05) is 13.8 Å². The van der Waals surface area contributed by atoms with Crippen molar-refractivity contribution in [2.75, 3.05) is 26.2 Å². The standard InChI is InChI=1S/C17H33N3O2/c1-3-13(2)16(21)10-18-17(22)19-15-8-9-20(12-15)11-14-6-4-5-7-14/h13-16,21H,3-12H2,1-2H3,(H2,18,19,22). The monoisotopic (exact) mass is 311 g/mol. The molecule has 3 N–H and O–H groups in total. The third kappa shape index (κ3) is 5.43. The molecule has 3 atom stereocenters. The Balaban J connectivity index is 1.61. The molecule has 0 aromatic heterocycles. The van der Waals surface area contributed by atoms with Gasteiger partial charge in [0.2, 0.25) is 0 Å². The zero-order chi connectivity index (χ0) is 15.9. The Morgan fingerprint density at radius 2 is 2.05 bits per heavy atom. The third-order valence-electron chi connectivity index (χ3n) is 5.37. The van der Waals surface area contributed by atoms with Gasteiger partial charge in [0.25, 0.3) is 0 Å². The summed E-state index contributed by atoms with van der Waals surface area (Å²) in [6.45, 7) is 7.65. The maximum atomic E-state index is 11.9. The summed E-state index contributed by atoms with van der Waals surface area (Å²) in [5.41, 5.74) is 0. The van der Waals surface area contributed by atoms with Crippen LogP contribution in [0.15, 0.2) is 0 Å². The van der Waals surface area contributed by atoms with Crippen LogP contribution in [-0.2, 0) is 0 Å². The van der Waals surface area contributed by atoms with Crippen molar-refractivity contribution in [1.82, 2.24) is 15.5 Å². The molecule has 5 nitrogen and oxygen atoms in total. The first-order chi connectivity index (χ1) is 10.6. The van der Waals surface area contributed by atoms with Gasteiger partial charge in [-0.15, -0.1) is 0 Å². The summed E-state index contributed by atoms with van der Waals surface area (Å²) in [4.78, 5) is 14.4. The summed E-state index contributed by atoms with van der Waals surface area (Å²) in [6, 6.07) is 0.109. The fraction of sp³-hybridized carbons (Fsp3) is 0.941. The second-order valence-electron chi connectivity index (χ2n) is 7.20. The summed E-state index contributed by atoms with van der Waals surface area (Å²) in [5.74, 6) is 1.09. The minimum absolute atomic E-state index is 0.143. The van der Waals surface area contributed by atoms with E-state index in [4.69, 9.17) is 0 Å². The van der Waals surface area contributed by atoms with Crippen LogP contribution >= 0.6 is 0 Å². The molecule has 0 bridgehead atoms. The minimum atomic E-state index is -0.460. The Morgan fingerprint density at radius 3 is 2.73 bits per heavy atom. The summed E-state index contributed by atoms with van der Waals surface area (Å²) >= 11 is 0. The molecule has 0 aromatic rings. The number of urea groups is 1. The lowest BCUT2D eigenvalue weighted by molar-refractivity contribution is 0.114. The topological polar surface area (TPSA) is 64.6 Å². The van der Waals surface area contributed by atoms with E-state index in [9.17, 15) is 9.90 Å². The number of carbonyl (C=O) groups is 1. The minimum Gasteiger partial charge on any atom is -0.391 e. The Kier molecular flexibility index (Phi) is 6.96. The molecule has 1 heterocycles. The zero-order valence-corrected chi connectivity index (χ0v) is 14.2.